The van der Waals surface area contributed by atoms with E-state index >= 15 is 0 Å². The van der Waals surface area contributed by atoms with Crippen molar-refractivity contribution in [1.82, 2.24) is 0 Å². The van der Waals surface area contributed by atoms with Crippen molar-refractivity contribution in [3.8, 4) is 0 Å². The highest BCUT2D eigenvalue weighted by molar-refractivity contribution is 6.78. The fourth-order valence-electron chi connectivity index (χ4n) is 1.48. The van der Waals surface area contributed by atoms with Crippen LogP contribution in [0.25, 0.3) is 0 Å². The zero-order valence-corrected chi connectivity index (χ0v) is 16.2. The fraction of sp³-hybridized carbons (Fsp3) is 0.857. The second-order valence-electron chi connectivity index (χ2n) is 7.17. The molecule has 0 spiro atoms. The van der Waals surface area contributed by atoms with Gasteiger partial charge in [-0.05, 0) is 38.3 Å². The molecule has 0 unspecified atom stereocenters. The molecular formula is C14H30O4Si2. The molecule has 20 heavy (non-hydrogen) atoms. The summed E-state index contributed by atoms with van der Waals surface area (Å²) in [5.41, 5.74) is 0. The van der Waals surface area contributed by atoms with Gasteiger partial charge in [0.15, 0.2) is 0 Å². The molecule has 0 aromatic heterocycles. The maximum absolute atomic E-state index is 11.7. The van der Waals surface area contributed by atoms with Crippen LogP contribution in [0.4, 0.5) is 0 Å². The van der Waals surface area contributed by atoms with Crippen LogP contribution in [0.1, 0.15) is 27.7 Å². The lowest BCUT2D eigenvalue weighted by molar-refractivity contribution is -0.139. The van der Waals surface area contributed by atoms with E-state index in [2.05, 4.69) is 0 Å². The minimum Gasteiger partial charge on any atom is -0.519 e. The molecule has 0 aliphatic carbocycles. The van der Waals surface area contributed by atoms with Crippen molar-refractivity contribution in [3.05, 3.63) is 0 Å². The van der Waals surface area contributed by atoms with E-state index in [1.165, 1.54) is 0 Å². The van der Waals surface area contributed by atoms with Crippen LogP contribution in [0.3, 0.4) is 0 Å². The summed E-state index contributed by atoms with van der Waals surface area (Å²) in [4.78, 5) is 23.4. The molecule has 118 valence electrons. The Balaban J connectivity index is 4.43. The number of hydrogen-bond donors (Lipinski definition) is 0. The molecule has 0 N–H and O–H groups in total. The molecular weight excluding hydrogens is 288 g/mol. The monoisotopic (exact) mass is 318 g/mol. The van der Waals surface area contributed by atoms with E-state index in [0.29, 0.717) is 0 Å². The highest BCUT2D eigenvalue weighted by Crippen LogP contribution is 2.23. The van der Waals surface area contributed by atoms with Gasteiger partial charge in [0, 0.05) is 11.8 Å². The minimum absolute atomic E-state index is 0.0919. The third-order valence-electron chi connectivity index (χ3n) is 3.03. The zero-order valence-electron chi connectivity index (χ0n) is 14.2. The summed E-state index contributed by atoms with van der Waals surface area (Å²) in [7, 11) is -4.05. The van der Waals surface area contributed by atoms with Gasteiger partial charge in [0.2, 0.25) is 16.6 Å². The average Bonchev–Trinajstić information content (AvgIpc) is 2.25. The van der Waals surface area contributed by atoms with Crippen LogP contribution in [-0.2, 0) is 18.4 Å². The third kappa shape index (κ3) is 7.84. The summed E-state index contributed by atoms with van der Waals surface area (Å²) >= 11 is 0. The fourth-order valence-corrected chi connectivity index (χ4v) is 8.07. The van der Waals surface area contributed by atoms with Gasteiger partial charge >= 0.3 is 0 Å². The first kappa shape index (κ1) is 19.4. The second kappa shape index (κ2) is 7.40. The van der Waals surface area contributed by atoms with Crippen LogP contribution in [0.5, 0.6) is 0 Å². The zero-order chi connectivity index (χ0) is 16.1. The summed E-state index contributed by atoms with van der Waals surface area (Å²) in [6.45, 7) is 15.5. The summed E-state index contributed by atoms with van der Waals surface area (Å²) in [6, 6.07) is 1.69. The van der Waals surface area contributed by atoms with Crippen LogP contribution < -0.4 is 0 Å². The van der Waals surface area contributed by atoms with Crippen LogP contribution in [-0.4, -0.2) is 28.6 Å². The Morgan fingerprint density at radius 1 is 0.750 bits per heavy atom. The first-order valence-corrected chi connectivity index (χ1v) is 13.5. The lowest BCUT2D eigenvalue weighted by Crippen LogP contribution is -2.40. The van der Waals surface area contributed by atoms with Crippen molar-refractivity contribution in [2.24, 2.45) is 11.8 Å². The molecule has 0 amide bonds. The number of hydrogen-bond acceptors (Lipinski definition) is 4. The minimum atomic E-state index is -2.02. The van der Waals surface area contributed by atoms with Crippen molar-refractivity contribution in [2.45, 2.75) is 66.0 Å². The lowest BCUT2D eigenvalue weighted by atomic mass is 10.2. The first-order chi connectivity index (χ1) is 8.86. The number of carbonyl (C=O) groups excluding carboxylic acids is 2. The van der Waals surface area contributed by atoms with E-state index in [0.717, 1.165) is 12.1 Å². The van der Waals surface area contributed by atoms with Gasteiger partial charge in [-0.3, -0.25) is 9.59 Å². The molecule has 0 rings (SSSR count). The van der Waals surface area contributed by atoms with Crippen LogP contribution in [0.15, 0.2) is 0 Å². The normalized spacial score (nSPS) is 12.7. The van der Waals surface area contributed by atoms with Crippen molar-refractivity contribution in [1.29, 1.82) is 0 Å². The van der Waals surface area contributed by atoms with Crippen molar-refractivity contribution in [3.63, 3.8) is 0 Å². The second-order valence-corrected chi connectivity index (χ2v) is 15.6. The predicted molar refractivity (Wildman–Crippen MR) is 86.4 cm³/mol. The molecule has 4 nitrogen and oxygen atoms in total. The molecule has 0 aromatic carbocycles. The Hall–Kier alpha value is -0.626. The largest absolute Gasteiger partial charge is 0.519 e. The third-order valence-corrected chi connectivity index (χ3v) is 7.94. The lowest BCUT2D eigenvalue weighted by Gasteiger charge is -2.29. The summed E-state index contributed by atoms with van der Waals surface area (Å²) in [5.74, 6) is -0.433. The molecule has 0 fully saturated rings. The quantitative estimate of drug-likeness (QED) is 0.670. The van der Waals surface area contributed by atoms with Crippen LogP contribution >= 0.6 is 0 Å². The van der Waals surface area contributed by atoms with Gasteiger partial charge in [-0.25, -0.2) is 0 Å². The van der Waals surface area contributed by atoms with E-state index in [1.807, 2.05) is 53.9 Å². The Kier molecular flexibility index (Phi) is 7.17. The Bertz CT molecular complexity index is 315. The van der Waals surface area contributed by atoms with Gasteiger partial charge in [0.1, 0.15) is 0 Å². The van der Waals surface area contributed by atoms with Crippen molar-refractivity contribution >= 4 is 28.6 Å². The summed E-state index contributed by atoms with van der Waals surface area (Å²) in [6.07, 6.45) is 0. The molecule has 0 saturated carbocycles. The van der Waals surface area contributed by atoms with E-state index in [-0.39, 0.29) is 23.8 Å². The van der Waals surface area contributed by atoms with Gasteiger partial charge in [-0.1, -0.05) is 27.7 Å². The number of carbonyl (C=O) groups is 2. The molecule has 0 aliphatic heterocycles. The van der Waals surface area contributed by atoms with Gasteiger partial charge in [-0.2, -0.15) is 0 Å². The smallest absolute Gasteiger partial charge is 0.295 e. The molecule has 6 heteroatoms. The molecule has 0 atom stereocenters. The maximum atomic E-state index is 11.7. The predicted octanol–water partition coefficient (Wildman–Crippen LogP) is 3.80. The van der Waals surface area contributed by atoms with E-state index in [4.69, 9.17) is 8.85 Å². The number of rotatable bonds is 7. The Morgan fingerprint density at radius 3 is 1.20 bits per heavy atom. The molecule has 0 radical (unpaired) electrons. The maximum Gasteiger partial charge on any atom is 0.295 e. The Morgan fingerprint density at radius 2 is 1.00 bits per heavy atom. The molecule has 0 bridgehead atoms. The topological polar surface area (TPSA) is 52.6 Å². The van der Waals surface area contributed by atoms with Gasteiger partial charge in [-0.15, -0.1) is 0 Å². The summed E-state index contributed by atoms with van der Waals surface area (Å²) in [5, 5.41) is 0. The SMILES string of the molecule is CC(C)C(=O)O[Si](C)(C)CC[Si](C)(C)OC(=O)C(C)C. The van der Waals surface area contributed by atoms with E-state index < -0.39 is 16.6 Å². The van der Waals surface area contributed by atoms with Crippen molar-refractivity contribution < 1.29 is 18.4 Å². The van der Waals surface area contributed by atoms with Crippen LogP contribution in [0.2, 0.25) is 38.3 Å². The van der Waals surface area contributed by atoms with Crippen molar-refractivity contribution in [2.75, 3.05) is 0 Å². The average molecular weight is 319 g/mol. The van der Waals surface area contributed by atoms with E-state index in [1.54, 1.807) is 0 Å². The highest BCUT2D eigenvalue weighted by Gasteiger charge is 2.34. The standard InChI is InChI=1S/C14H30O4Si2/c1-11(2)13(15)17-19(5,6)9-10-20(7,8)18-14(16)12(3)4/h11-12H,9-10H2,1-8H3. The highest BCUT2D eigenvalue weighted by atomic mass is 28.4. The first-order valence-electron chi connectivity index (χ1n) is 7.32. The molecule has 0 aliphatic rings. The van der Waals surface area contributed by atoms with Gasteiger partial charge in [0.05, 0.1) is 0 Å². The van der Waals surface area contributed by atoms with Gasteiger partial charge < -0.3 is 8.85 Å². The van der Waals surface area contributed by atoms with Crippen LogP contribution in [0, 0.1) is 11.8 Å². The van der Waals surface area contributed by atoms with E-state index in [9.17, 15) is 9.59 Å². The van der Waals surface area contributed by atoms with Gasteiger partial charge in [0.25, 0.3) is 11.9 Å². The Labute approximate surface area is 125 Å². The molecule has 0 saturated heterocycles. The molecule has 0 heterocycles. The molecule has 0 aromatic rings. The summed E-state index contributed by atoms with van der Waals surface area (Å²) < 4.78 is 11.3.